The van der Waals surface area contributed by atoms with Crippen molar-refractivity contribution in [2.24, 2.45) is 0 Å². The highest BCUT2D eigenvalue weighted by atomic mass is 35.5. The minimum atomic E-state index is -0.206. The van der Waals surface area contributed by atoms with E-state index in [9.17, 15) is 9.59 Å². The van der Waals surface area contributed by atoms with E-state index in [-0.39, 0.29) is 17.2 Å². The number of nitrogens with zero attached hydrogens (tertiary/aromatic N) is 4. The minimum Gasteiger partial charge on any atom is -0.348 e. The van der Waals surface area contributed by atoms with Gasteiger partial charge in [0.15, 0.2) is 15.9 Å². The van der Waals surface area contributed by atoms with E-state index >= 15 is 0 Å². The zero-order chi connectivity index (χ0) is 21.8. The summed E-state index contributed by atoms with van der Waals surface area (Å²) in [5.74, 6) is -0.0847. The molecule has 1 aromatic carbocycles. The van der Waals surface area contributed by atoms with Gasteiger partial charge in [-0.15, -0.1) is 0 Å². The van der Waals surface area contributed by atoms with Crippen molar-refractivity contribution in [3.8, 4) is 0 Å². The van der Waals surface area contributed by atoms with Crippen molar-refractivity contribution in [2.45, 2.75) is 44.3 Å². The second-order valence-corrected chi connectivity index (χ2v) is 9.69. The third-order valence-corrected chi connectivity index (χ3v) is 7.42. The van der Waals surface area contributed by atoms with E-state index in [0.717, 1.165) is 37.5 Å². The molecule has 0 bridgehead atoms. The van der Waals surface area contributed by atoms with Crippen LogP contribution in [-0.4, -0.2) is 39.3 Å². The molecule has 0 unspecified atom stereocenters. The smallest absolute Gasteiger partial charge is 0.273 e. The summed E-state index contributed by atoms with van der Waals surface area (Å²) in [7, 11) is 0. The molecule has 164 valence electrons. The molecular weight excluding hydrogens is 454 g/mol. The molecule has 1 N–H and O–H groups in total. The van der Waals surface area contributed by atoms with Crippen LogP contribution >= 0.6 is 34.7 Å². The van der Waals surface area contributed by atoms with Gasteiger partial charge in [-0.3, -0.25) is 14.2 Å². The third kappa shape index (κ3) is 5.05. The van der Waals surface area contributed by atoms with Crippen molar-refractivity contribution in [3.05, 3.63) is 39.6 Å². The highest BCUT2D eigenvalue weighted by molar-refractivity contribution is 7.99. The molecule has 0 atom stereocenters. The fourth-order valence-corrected chi connectivity index (χ4v) is 5.51. The van der Waals surface area contributed by atoms with Crippen molar-refractivity contribution in [3.63, 3.8) is 0 Å². The standard InChI is InChI=1S/C21H24ClN5O2S2/c1-2-10-27-19(29)17-18(24-20(31-17)26-11-6-3-7-12-26)25-21(27)30-13-16(28)23-15-9-5-4-8-14(15)22/h4-5,8-9H,2-3,6-7,10-13H2,1H3,(H,23,28). The summed E-state index contributed by atoms with van der Waals surface area (Å²) in [6.45, 7) is 4.49. The number of amides is 1. The second-order valence-electron chi connectivity index (χ2n) is 7.36. The molecule has 1 fully saturated rings. The lowest BCUT2D eigenvalue weighted by Crippen LogP contribution is -2.29. The van der Waals surface area contributed by atoms with Gasteiger partial charge in [0, 0.05) is 19.6 Å². The largest absolute Gasteiger partial charge is 0.348 e. The molecule has 1 saturated heterocycles. The molecule has 31 heavy (non-hydrogen) atoms. The number of hydrogen-bond donors (Lipinski definition) is 1. The van der Waals surface area contributed by atoms with Crippen LogP contribution in [-0.2, 0) is 11.3 Å². The summed E-state index contributed by atoms with van der Waals surface area (Å²) >= 11 is 8.78. The minimum absolute atomic E-state index is 0.0818. The predicted octanol–water partition coefficient (Wildman–Crippen LogP) is 4.64. The molecule has 0 spiro atoms. The lowest BCUT2D eigenvalue weighted by atomic mass is 10.1. The summed E-state index contributed by atoms with van der Waals surface area (Å²) in [5.41, 5.74) is 0.952. The quantitative estimate of drug-likeness (QED) is 0.394. The normalized spacial score (nSPS) is 14.2. The van der Waals surface area contributed by atoms with Gasteiger partial charge in [-0.2, -0.15) is 4.98 Å². The second kappa shape index (κ2) is 10.0. The van der Waals surface area contributed by atoms with Crippen molar-refractivity contribution in [2.75, 3.05) is 29.1 Å². The van der Waals surface area contributed by atoms with Crippen LogP contribution in [0.25, 0.3) is 10.3 Å². The van der Waals surface area contributed by atoms with E-state index in [1.54, 1.807) is 22.8 Å². The average Bonchev–Trinajstić information content (AvgIpc) is 3.21. The average molecular weight is 478 g/mol. The lowest BCUT2D eigenvalue weighted by molar-refractivity contribution is -0.113. The maximum absolute atomic E-state index is 13.2. The topological polar surface area (TPSA) is 80.1 Å². The van der Waals surface area contributed by atoms with Gasteiger partial charge >= 0.3 is 0 Å². The van der Waals surface area contributed by atoms with E-state index in [4.69, 9.17) is 11.6 Å². The fraction of sp³-hybridized carbons (Fsp3) is 0.429. The highest BCUT2D eigenvalue weighted by Gasteiger charge is 2.20. The van der Waals surface area contributed by atoms with Gasteiger partial charge in [0.05, 0.1) is 16.5 Å². The fourth-order valence-electron chi connectivity index (χ4n) is 3.51. The Morgan fingerprint density at radius 3 is 2.74 bits per heavy atom. The number of rotatable bonds is 7. The van der Waals surface area contributed by atoms with Gasteiger partial charge in [0.25, 0.3) is 5.56 Å². The van der Waals surface area contributed by atoms with E-state index in [1.165, 1.54) is 29.5 Å². The monoisotopic (exact) mass is 477 g/mol. The number of thioether (sulfide) groups is 1. The number of halogens is 1. The number of carbonyl (C=O) groups excluding carboxylic acids is 1. The molecule has 0 aliphatic carbocycles. The number of para-hydroxylation sites is 1. The highest BCUT2D eigenvalue weighted by Crippen LogP contribution is 2.29. The molecule has 0 radical (unpaired) electrons. The molecule has 10 heteroatoms. The number of hydrogen-bond acceptors (Lipinski definition) is 7. The zero-order valence-electron chi connectivity index (χ0n) is 17.3. The van der Waals surface area contributed by atoms with Gasteiger partial charge in [-0.25, -0.2) is 4.98 Å². The van der Waals surface area contributed by atoms with Crippen molar-refractivity contribution in [1.82, 2.24) is 14.5 Å². The number of thiazole rings is 1. The number of nitrogens with one attached hydrogen (secondary N) is 1. The summed E-state index contributed by atoms with van der Waals surface area (Å²) in [5, 5.41) is 4.67. The number of carbonyl (C=O) groups is 1. The van der Waals surface area contributed by atoms with Crippen LogP contribution in [0.1, 0.15) is 32.6 Å². The van der Waals surface area contributed by atoms with Crippen LogP contribution in [0.3, 0.4) is 0 Å². The van der Waals surface area contributed by atoms with Gasteiger partial charge in [-0.05, 0) is 37.8 Å². The number of benzene rings is 1. The maximum atomic E-state index is 13.2. The Bertz CT molecular complexity index is 1140. The summed E-state index contributed by atoms with van der Waals surface area (Å²) in [6, 6.07) is 7.09. The van der Waals surface area contributed by atoms with Crippen LogP contribution in [0.4, 0.5) is 10.8 Å². The van der Waals surface area contributed by atoms with Crippen LogP contribution in [0.2, 0.25) is 5.02 Å². The van der Waals surface area contributed by atoms with E-state index < -0.39 is 0 Å². The van der Waals surface area contributed by atoms with Gasteiger partial charge in [-0.1, -0.05) is 53.8 Å². The number of anilines is 2. The molecule has 4 rings (SSSR count). The van der Waals surface area contributed by atoms with Crippen molar-refractivity contribution in [1.29, 1.82) is 0 Å². The van der Waals surface area contributed by atoms with Crippen LogP contribution in [0, 0.1) is 0 Å². The zero-order valence-corrected chi connectivity index (χ0v) is 19.7. The first-order valence-corrected chi connectivity index (χ1v) is 12.6. The number of piperidine rings is 1. The van der Waals surface area contributed by atoms with Crippen molar-refractivity contribution < 1.29 is 4.79 Å². The Balaban J connectivity index is 1.57. The molecule has 1 amide bonds. The molecule has 0 saturated carbocycles. The van der Waals surface area contributed by atoms with E-state index in [1.807, 2.05) is 13.0 Å². The molecule has 3 heterocycles. The van der Waals surface area contributed by atoms with Gasteiger partial charge < -0.3 is 10.2 Å². The maximum Gasteiger partial charge on any atom is 0.273 e. The number of aromatic nitrogens is 3. The molecule has 1 aliphatic rings. The van der Waals surface area contributed by atoms with Crippen LogP contribution < -0.4 is 15.8 Å². The summed E-state index contributed by atoms with van der Waals surface area (Å²) in [4.78, 5) is 37.2. The summed E-state index contributed by atoms with van der Waals surface area (Å²) in [6.07, 6.45) is 4.32. The SMILES string of the molecule is CCCn1c(SCC(=O)Nc2ccccc2Cl)nc2nc(N3CCCCC3)sc2c1=O. The first kappa shape index (κ1) is 22.1. The van der Waals surface area contributed by atoms with Crippen LogP contribution in [0.5, 0.6) is 0 Å². The van der Waals surface area contributed by atoms with Crippen LogP contribution in [0.15, 0.2) is 34.2 Å². The predicted molar refractivity (Wildman–Crippen MR) is 129 cm³/mol. The molecule has 7 nitrogen and oxygen atoms in total. The molecule has 2 aromatic heterocycles. The molecule has 1 aliphatic heterocycles. The van der Waals surface area contributed by atoms with E-state index in [0.29, 0.717) is 32.8 Å². The Kier molecular flexibility index (Phi) is 7.14. The first-order valence-electron chi connectivity index (χ1n) is 10.4. The Labute approximate surface area is 193 Å². The third-order valence-electron chi connectivity index (χ3n) is 5.02. The first-order chi connectivity index (χ1) is 15.1. The Morgan fingerprint density at radius 1 is 1.23 bits per heavy atom. The van der Waals surface area contributed by atoms with E-state index in [2.05, 4.69) is 20.2 Å². The number of fused-ring (bicyclic) bond motifs is 1. The molecular formula is C21H24ClN5O2S2. The van der Waals surface area contributed by atoms with Gasteiger partial charge in [0.2, 0.25) is 5.91 Å². The van der Waals surface area contributed by atoms with Crippen molar-refractivity contribution >= 4 is 61.8 Å². The summed E-state index contributed by atoms with van der Waals surface area (Å²) < 4.78 is 2.24. The lowest BCUT2D eigenvalue weighted by Gasteiger charge is -2.25. The van der Waals surface area contributed by atoms with Gasteiger partial charge in [0.1, 0.15) is 4.70 Å². The Morgan fingerprint density at radius 2 is 2.00 bits per heavy atom. The Hall–Kier alpha value is -2.10. The molecule has 3 aromatic rings.